The molecule has 1 aliphatic carbocycles. The number of methoxy groups -OCH3 is 1. The van der Waals surface area contributed by atoms with E-state index >= 15 is 0 Å². The minimum atomic E-state index is -0.640. The third-order valence-electron chi connectivity index (χ3n) is 3.38. The van der Waals surface area contributed by atoms with Crippen LogP contribution in [0.4, 0.5) is 0 Å². The Morgan fingerprint density at radius 3 is 2.86 bits per heavy atom. The molecule has 0 saturated carbocycles. The average Bonchev–Trinajstić information content (AvgIpc) is 2.51. The van der Waals surface area contributed by atoms with Gasteiger partial charge in [-0.2, -0.15) is 5.26 Å². The van der Waals surface area contributed by atoms with Gasteiger partial charge in [0.05, 0.1) is 6.61 Å². The number of carbonyl (C=O) groups is 1. The van der Waals surface area contributed by atoms with Crippen LogP contribution < -0.4 is 0 Å². The number of allylic oxidation sites excluding steroid dienone is 3. The lowest BCUT2D eigenvalue weighted by Crippen LogP contribution is -2.12. The lowest BCUT2D eigenvalue weighted by Gasteiger charge is -2.16. The Labute approximate surface area is 125 Å². The highest BCUT2D eigenvalue weighted by Gasteiger charge is 2.18. The first-order valence-electron chi connectivity index (χ1n) is 7.32. The normalized spacial score (nSPS) is 16.9. The molecule has 0 amide bonds. The quantitative estimate of drug-likeness (QED) is 0.321. The zero-order valence-electron chi connectivity index (χ0n) is 12.6. The number of ether oxygens (including phenoxy) is 2. The summed E-state index contributed by atoms with van der Waals surface area (Å²) in [4.78, 5) is 11.8. The molecule has 0 aliphatic heterocycles. The molecule has 21 heavy (non-hydrogen) atoms. The Morgan fingerprint density at radius 2 is 2.19 bits per heavy atom. The molecule has 5 nitrogen and oxygen atoms in total. The Balaban J connectivity index is 2.71. The Hall–Kier alpha value is -1.64. The molecule has 0 saturated heterocycles. The smallest absolute Gasteiger partial charge is 0.349 e. The lowest BCUT2D eigenvalue weighted by atomic mass is 9.90. The van der Waals surface area contributed by atoms with E-state index in [9.17, 15) is 4.79 Å². The van der Waals surface area contributed by atoms with Crippen LogP contribution in [-0.4, -0.2) is 38.0 Å². The highest BCUT2D eigenvalue weighted by Crippen LogP contribution is 2.28. The van der Waals surface area contributed by atoms with Gasteiger partial charge in [-0.25, -0.2) is 4.79 Å². The summed E-state index contributed by atoms with van der Waals surface area (Å²) in [6, 6.07) is 1.94. The van der Waals surface area contributed by atoms with Gasteiger partial charge in [-0.15, -0.1) is 0 Å². The monoisotopic (exact) mass is 293 g/mol. The van der Waals surface area contributed by atoms with Gasteiger partial charge < -0.3 is 14.6 Å². The summed E-state index contributed by atoms with van der Waals surface area (Å²) in [6.45, 7) is 0.443. The van der Waals surface area contributed by atoms with Crippen LogP contribution in [0.15, 0.2) is 22.8 Å². The van der Waals surface area contributed by atoms with E-state index in [-0.39, 0.29) is 18.8 Å². The molecule has 0 bridgehead atoms. The van der Waals surface area contributed by atoms with Gasteiger partial charge in [-0.3, -0.25) is 0 Å². The molecule has 1 rings (SSSR count). The van der Waals surface area contributed by atoms with Crippen molar-refractivity contribution in [2.45, 2.75) is 38.5 Å². The fourth-order valence-corrected chi connectivity index (χ4v) is 2.35. The minimum absolute atomic E-state index is 0.0672. The van der Waals surface area contributed by atoms with E-state index < -0.39 is 5.97 Å². The van der Waals surface area contributed by atoms with Crippen LogP contribution in [0.5, 0.6) is 0 Å². The van der Waals surface area contributed by atoms with Crippen LogP contribution in [0.3, 0.4) is 0 Å². The average molecular weight is 293 g/mol. The van der Waals surface area contributed by atoms with Gasteiger partial charge in [-0.05, 0) is 44.1 Å². The molecule has 0 unspecified atom stereocenters. The van der Waals surface area contributed by atoms with Gasteiger partial charge in [0.15, 0.2) is 0 Å². The van der Waals surface area contributed by atoms with Crippen LogP contribution in [0.1, 0.15) is 38.5 Å². The summed E-state index contributed by atoms with van der Waals surface area (Å²) in [6.07, 6.45) is 7.68. The van der Waals surface area contributed by atoms with Crippen molar-refractivity contribution in [2.24, 2.45) is 0 Å². The zero-order valence-corrected chi connectivity index (χ0v) is 12.6. The third kappa shape index (κ3) is 6.11. The molecule has 0 fully saturated rings. The molecule has 0 aromatic carbocycles. The van der Waals surface area contributed by atoms with E-state index in [1.165, 1.54) is 5.57 Å². The zero-order chi connectivity index (χ0) is 15.5. The van der Waals surface area contributed by atoms with E-state index in [4.69, 9.17) is 19.8 Å². The van der Waals surface area contributed by atoms with Crippen LogP contribution in [0.2, 0.25) is 0 Å². The van der Waals surface area contributed by atoms with Gasteiger partial charge in [0, 0.05) is 13.7 Å². The number of aliphatic hydroxyl groups excluding tert-OH is 1. The SMILES string of the molecule is COCCCCC1=C/C(=C(/C#N)C(=O)OCCO)CCC1. The second-order valence-corrected chi connectivity index (χ2v) is 4.98. The minimum Gasteiger partial charge on any atom is -0.459 e. The van der Waals surface area contributed by atoms with Gasteiger partial charge in [0.2, 0.25) is 0 Å². The number of carbonyl (C=O) groups excluding carboxylic acids is 1. The fraction of sp³-hybridized carbons (Fsp3) is 0.625. The standard InChI is InChI=1S/C16H23NO4/c1-20-9-3-2-5-13-6-4-7-14(11-13)15(12-17)16(19)21-10-8-18/h11,18H,2-10H2,1H3/b15-14-. The molecule has 0 atom stereocenters. The summed E-state index contributed by atoms with van der Waals surface area (Å²) in [7, 11) is 1.69. The number of hydrogen-bond acceptors (Lipinski definition) is 5. The molecule has 0 heterocycles. The van der Waals surface area contributed by atoms with Crippen molar-refractivity contribution < 1.29 is 19.4 Å². The first-order chi connectivity index (χ1) is 10.2. The maximum Gasteiger partial charge on any atom is 0.349 e. The molecular weight excluding hydrogens is 270 g/mol. The van der Waals surface area contributed by atoms with Crippen LogP contribution in [-0.2, 0) is 14.3 Å². The second kappa shape index (κ2) is 10.1. The van der Waals surface area contributed by atoms with Crippen molar-refractivity contribution in [3.05, 3.63) is 22.8 Å². The number of esters is 1. The van der Waals surface area contributed by atoms with Crippen LogP contribution in [0, 0.1) is 11.3 Å². The summed E-state index contributed by atoms with van der Waals surface area (Å²) < 4.78 is 9.85. The maximum atomic E-state index is 11.8. The highest BCUT2D eigenvalue weighted by molar-refractivity contribution is 5.94. The maximum absolute atomic E-state index is 11.8. The van der Waals surface area contributed by atoms with E-state index in [2.05, 4.69) is 0 Å². The predicted molar refractivity (Wildman–Crippen MR) is 78.3 cm³/mol. The number of nitrogens with zero attached hydrogens (tertiary/aromatic N) is 1. The molecule has 0 aromatic rings. The molecule has 1 aliphatic rings. The predicted octanol–water partition coefficient (Wildman–Crippen LogP) is 2.27. The van der Waals surface area contributed by atoms with Crippen LogP contribution >= 0.6 is 0 Å². The van der Waals surface area contributed by atoms with Crippen molar-refractivity contribution in [3.63, 3.8) is 0 Å². The van der Waals surface area contributed by atoms with Crippen molar-refractivity contribution in [1.29, 1.82) is 5.26 Å². The van der Waals surface area contributed by atoms with Crippen molar-refractivity contribution in [2.75, 3.05) is 26.9 Å². The summed E-state index contributed by atoms with van der Waals surface area (Å²) in [5.41, 5.74) is 2.10. The van der Waals surface area contributed by atoms with E-state index in [1.54, 1.807) is 7.11 Å². The molecule has 0 spiro atoms. The van der Waals surface area contributed by atoms with E-state index in [1.807, 2.05) is 12.1 Å². The summed E-state index contributed by atoms with van der Waals surface area (Å²) in [5.74, 6) is -0.640. The largest absolute Gasteiger partial charge is 0.459 e. The molecule has 5 heteroatoms. The van der Waals surface area contributed by atoms with Gasteiger partial charge in [-0.1, -0.05) is 11.6 Å². The van der Waals surface area contributed by atoms with E-state index in [0.717, 1.165) is 50.7 Å². The Kier molecular flexibility index (Phi) is 8.41. The molecule has 0 aromatic heterocycles. The molecule has 1 N–H and O–H groups in total. The summed E-state index contributed by atoms with van der Waals surface area (Å²) >= 11 is 0. The topological polar surface area (TPSA) is 79.5 Å². The number of hydrogen-bond donors (Lipinski definition) is 1. The number of rotatable bonds is 8. The first-order valence-corrected chi connectivity index (χ1v) is 7.32. The molecule has 0 radical (unpaired) electrons. The first kappa shape index (κ1) is 17.4. The van der Waals surface area contributed by atoms with Gasteiger partial charge in [0.25, 0.3) is 0 Å². The molecule has 116 valence electrons. The van der Waals surface area contributed by atoms with Crippen molar-refractivity contribution in [1.82, 2.24) is 0 Å². The lowest BCUT2D eigenvalue weighted by molar-refractivity contribution is -0.139. The van der Waals surface area contributed by atoms with Crippen molar-refractivity contribution >= 4 is 5.97 Å². The molecular formula is C16H23NO4. The fourth-order valence-electron chi connectivity index (χ4n) is 2.35. The van der Waals surface area contributed by atoms with Gasteiger partial charge >= 0.3 is 5.97 Å². The second-order valence-electron chi connectivity index (χ2n) is 4.98. The Bertz CT molecular complexity index is 446. The van der Waals surface area contributed by atoms with Crippen molar-refractivity contribution in [3.8, 4) is 6.07 Å². The highest BCUT2D eigenvalue weighted by atomic mass is 16.5. The van der Waals surface area contributed by atoms with Crippen LogP contribution in [0.25, 0.3) is 0 Å². The Morgan fingerprint density at radius 1 is 1.38 bits per heavy atom. The number of nitriles is 1. The third-order valence-corrected chi connectivity index (χ3v) is 3.38. The number of aliphatic hydroxyl groups is 1. The number of unbranched alkanes of at least 4 members (excludes halogenated alkanes) is 1. The summed E-state index contributed by atoms with van der Waals surface area (Å²) in [5, 5.41) is 17.8. The van der Waals surface area contributed by atoms with Gasteiger partial charge in [0.1, 0.15) is 18.2 Å². The van der Waals surface area contributed by atoms with E-state index in [0.29, 0.717) is 0 Å².